The first-order valence-corrected chi connectivity index (χ1v) is 11.3. The van der Waals surface area contributed by atoms with Crippen LogP contribution in [-0.2, 0) is 21.2 Å². The van der Waals surface area contributed by atoms with E-state index in [4.69, 9.17) is 0 Å². The zero-order chi connectivity index (χ0) is 21.6. The maximum absolute atomic E-state index is 13.2. The van der Waals surface area contributed by atoms with Gasteiger partial charge in [-0.1, -0.05) is 54.6 Å². The Kier molecular flexibility index (Phi) is 7.03. The Labute approximate surface area is 178 Å². The fourth-order valence-corrected chi connectivity index (χ4v) is 4.75. The molecule has 3 rings (SSSR count). The van der Waals surface area contributed by atoms with Gasteiger partial charge in [-0.05, 0) is 61.2 Å². The summed E-state index contributed by atoms with van der Waals surface area (Å²) in [6, 6.07) is 23.6. The van der Waals surface area contributed by atoms with Crippen LogP contribution < -0.4 is 5.32 Å². The molecule has 30 heavy (non-hydrogen) atoms. The molecule has 0 fully saturated rings. The molecule has 0 aliphatic rings. The lowest BCUT2D eigenvalue weighted by Crippen LogP contribution is -2.39. The molecule has 6 heteroatoms. The Morgan fingerprint density at radius 3 is 2.03 bits per heavy atom. The minimum Gasteiger partial charge on any atom is -0.325 e. The van der Waals surface area contributed by atoms with Crippen LogP contribution in [0.25, 0.3) is 0 Å². The van der Waals surface area contributed by atoms with Crippen molar-refractivity contribution < 1.29 is 13.2 Å². The van der Waals surface area contributed by atoms with Gasteiger partial charge in [-0.15, -0.1) is 0 Å². The van der Waals surface area contributed by atoms with Crippen LogP contribution in [0, 0.1) is 13.8 Å². The number of amides is 1. The summed E-state index contributed by atoms with van der Waals surface area (Å²) < 4.78 is 27.6. The van der Waals surface area contributed by atoms with Crippen molar-refractivity contribution in [2.45, 2.75) is 25.2 Å². The van der Waals surface area contributed by atoms with Crippen molar-refractivity contribution in [2.24, 2.45) is 0 Å². The average Bonchev–Trinajstić information content (AvgIpc) is 2.71. The van der Waals surface area contributed by atoms with Crippen LogP contribution in [0.2, 0.25) is 0 Å². The van der Waals surface area contributed by atoms with E-state index < -0.39 is 10.0 Å². The normalized spacial score (nSPS) is 11.4. The molecular weight excluding hydrogens is 396 g/mol. The number of aryl methyl sites for hydroxylation is 2. The topological polar surface area (TPSA) is 66.5 Å². The summed E-state index contributed by atoms with van der Waals surface area (Å²) in [5, 5.41) is 2.83. The van der Waals surface area contributed by atoms with Gasteiger partial charge in [0.1, 0.15) is 0 Å². The van der Waals surface area contributed by atoms with Gasteiger partial charge in [0.25, 0.3) is 0 Å². The van der Waals surface area contributed by atoms with Crippen LogP contribution in [0.3, 0.4) is 0 Å². The van der Waals surface area contributed by atoms with Crippen LogP contribution in [0.5, 0.6) is 0 Å². The first-order chi connectivity index (χ1) is 14.3. The van der Waals surface area contributed by atoms with E-state index in [0.717, 1.165) is 16.7 Å². The van der Waals surface area contributed by atoms with Crippen molar-refractivity contribution in [3.8, 4) is 0 Å². The highest BCUT2D eigenvalue weighted by atomic mass is 32.2. The molecule has 0 aromatic heterocycles. The molecule has 0 saturated heterocycles. The molecule has 5 nitrogen and oxygen atoms in total. The van der Waals surface area contributed by atoms with Crippen LogP contribution in [-0.4, -0.2) is 31.7 Å². The summed E-state index contributed by atoms with van der Waals surface area (Å²) in [7, 11) is -3.80. The largest absolute Gasteiger partial charge is 0.325 e. The molecule has 0 radical (unpaired) electrons. The van der Waals surface area contributed by atoms with Crippen molar-refractivity contribution in [1.82, 2.24) is 4.31 Å². The van der Waals surface area contributed by atoms with Crippen molar-refractivity contribution in [2.75, 3.05) is 18.4 Å². The lowest BCUT2D eigenvalue weighted by atomic mass is 10.1. The molecule has 0 bridgehead atoms. The third kappa shape index (κ3) is 5.78. The van der Waals surface area contributed by atoms with Gasteiger partial charge >= 0.3 is 0 Å². The van der Waals surface area contributed by atoms with Crippen molar-refractivity contribution >= 4 is 21.6 Å². The van der Waals surface area contributed by atoms with Gasteiger partial charge in [0.15, 0.2) is 0 Å². The van der Waals surface area contributed by atoms with Gasteiger partial charge in [-0.3, -0.25) is 4.79 Å². The lowest BCUT2D eigenvalue weighted by Gasteiger charge is -2.22. The smallest absolute Gasteiger partial charge is 0.243 e. The second kappa shape index (κ2) is 9.69. The van der Waals surface area contributed by atoms with Gasteiger partial charge in [-0.25, -0.2) is 8.42 Å². The SMILES string of the molecule is Cc1cc(C)cc(NC(=O)CN(CCc2ccccc2)S(=O)(=O)c2ccccc2)c1. The molecule has 0 unspecified atom stereocenters. The number of hydrogen-bond acceptors (Lipinski definition) is 3. The van der Waals surface area contributed by atoms with E-state index in [1.165, 1.54) is 4.31 Å². The number of nitrogens with zero attached hydrogens (tertiary/aromatic N) is 1. The third-order valence-corrected chi connectivity index (χ3v) is 6.56. The maximum atomic E-state index is 13.2. The highest BCUT2D eigenvalue weighted by Gasteiger charge is 2.26. The van der Waals surface area contributed by atoms with Crippen LogP contribution in [0.15, 0.2) is 83.8 Å². The molecule has 1 amide bonds. The summed E-state index contributed by atoms with van der Waals surface area (Å²) in [5.41, 5.74) is 3.74. The molecule has 0 spiro atoms. The molecule has 3 aromatic carbocycles. The van der Waals surface area contributed by atoms with E-state index >= 15 is 0 Å². The van der Waals surface area contributed by atoms with E-state index in [1.54, 1.807) is 30.3 Å². The fraction of sp³-hybridized carbons (Fsp3) is 0.208. The Morgan fingerprint density at radius 1 is 0.867 bits per heavy atom. The standard InChI is InChI=1S/C24H26N2O3S/c1-19-15-20(2)17-22(16-19)25-24(27)18-26(14-13-21-9-5-3-6-10-21)30(28,29)23-11-7-4-8-12-23/h3-12,15-17H,13-14,18H2,1-2H3,(H,25,27). The van der Waals surface area contributed by atoms with Gasteiger partial charge in [0, 0.05) is 12.2 Å². The predicted octanol–water partition coefficient (Wildman–Crippen LogP) is 4.18. The summed E-state index contributed by atoms with van der Waals surface area (Å²) in [6.07, 6.45) is 0.518. The van der Waals surface area contributed by atoms with Crippen molar-refractivity contribution in [3.05, 3.63) is 95.6 Å². The van der Waals surface area contributed by atoms with E-state index in [9.17, 15) is 13.2 Å². The van der Waals surface area contributed by atoms with Crippen LogP contribution in [0.4, 0.5) is 5.69 Å². The molecular formula is C24H26N2O3S. The number of sulfonamides is 1. The summed E-state index contributed by atoms with van der Waals surface area (Å²) >= 11 is 0. The van der Waals surface area contributed by atoms with E-state index in [2.05, 4.69) is 5.32 Å². The molecule has 0 aliphatic carbocycles. The number of hydrogen-bond donors (Lipinski definition) is 1. The lowest BCUT2D eigenvalue weighted by molar-refractivity contribution is -0.116. The molecule has 0 heterocycles. The summed E-state index contributed by atoms with van der Waals surface area (Å²) in [5.74, 6) is -0.368. The summed E-state index contributed by atoms with van der Waals surface area (Å²) in [6.45, 7) is 3.86. The molecule has 0 atom stereocenters. The number of carbonyl (C=O) groups is 1. The molecule has 1 N–H and O–H groups in total. The number of carbonyl (C=O) groups excluding carboxylic acids is 1. The monoisotopic (exact) mass is 422 g/mol. The van der Waals surface area contributed by atoms with Crippen LogP contribution in [0.1, 0.15) is 16.7 Å². The van der Waals surface area contributed by atoms with E-state index in [-0.39, 0.29) is 23.9 Å². The average molecular weight is 423 g/mol. The molecule has 0 aliphatic heterocycles. The number of nitrogens with one attached hydrogen (secondary N) is 1. The zero-order valence-electron chi connectivity index (χ0n) is 17.2. The quantitative estimate of drug-likeness (QED) is 0.592. The predicted molar refractivity (Wildman–Crippen MR) is 120 cm³/mol. The second-order valence-corrected chi connectivity index (χ2v) is 9.25. The van der Waals surface area contributed by atoms with Gasteiger partial charge in [-0.2, -0.15) is 4.31 Å². The second-order valence-electron chi connectivity index (χ2n) is 7.31. The number of benzene rings is 3. The van der Waals surface area contributed by atoms with E-state index in [1.807, 2.05) is 62.4 Å². The Bertz CT molecular complexity index is 1080. The van der Waals surface area contributed by atoms with E-state index in [0.29, 0.717) is 12.1 Å². The van der Waals surface area contributed by atoms with Gasteiger partial charge in [0.05, 0.1) is 11.4 Å². The summed E-state index contributed by atoms with van der Waals surface area (Å²) in [4.78, 5) is 12.9. The minimum atomic E-state index is -3.80. The maximum Gasteiger partial charge on any atom is 0.243 e. The van der Waals surface area contributed by atoms with Crippen molar-refractivity contribution in [1.29, 1.82) is 0 Å². The Morgan fingerprint density at radius 2 is 1.43 bits per heavy atom. The number of rotatable bonds is 8. The zero-order valence-corrected chi connectivity index (χ0v) is 18.0. The first kappa shape index (κ1) is 21.7. The number of anilines is 1. The third-order valence-electron chi connectivity index (χ3n) is 4.70. The van der Waals surface area contributed by atoms with Crippen LogP contribution >= 0.6 is 0 Å². The fourth-order valence-electron chi connectivity index (χ4n) is 3.33. The molecule has 0 saturated carbocycles. The highest BCUT2D eigenvalue weighted by molar-refractivity contribution is 7.89. The Balaban J connectivity index is 1.80. The van der Waals surface area contributed by atoms with Gasteiger partial charge in [0.2, 0.25) is 15.9 Å². The minimum absolute atomic E-state index is 0.178. The van der Waals surface area contributed by atoms with Gasteiger partial charge < -0.3 is 5.32 Å². The van der Waals surface area contributed by atoms with Crippen molar-refractivity contribution in [3.63, 3.8) is 0 Å². The highest BCUT2D eigenvalue weighted by Crippen LogP contribution is 2.18. The molecule has 3 aromatic rings. The first-order valence-electron chi connectivity index (χ1n) is 9.82. The molecule has 156 valence electrons. The Hall–Kier alpha value is -2.96.